The monoisotopic (exact) mass is 227 g/mol. The van der Waals surface area contributed by atoms with Gasteiger partial charge in [0.1, 0.15) is 11.3 Å². The van der Waals surface area contributed by atoms with Crippen LogP contribution in [0, 0.1) is 5.41 Å². The molecular formula is C12H21NO3. The molecule has 4 heteroatoms. The average Bonchev–Trinajstić information content (AvgIpc) is 2.23. The smallest absolute Gasteiger partial charge is 0.343 e. The number of rotatable bonds is 7. The van der Waals surface area contributed by atoms with E-state index < -0.39 is 5.97 Å². The minimum Gasteiger partial charge on any atom is -0.512 e. The third-order valence-corrected chi connectivity index (χ3v) is 2.33. The zero-order valence-corrected chi connectivity index (χ0v) is 10.3. The van der Waals surface area contributed by atoms with Gasteiger partial charge in [-0.25, -0.2) is 4.79 Å². The summed E-state index contributed by atoms with van der Waals surface area (Å²) in [7, 11) is 1.25. The van der Waals surface area contributed by atoms with Crippen molar-refractivity contribution in [3.05, 3.63) is 11.3 Å². The first-order valence-corrected chi connectivity index (χ1v) is 5.60. The van der Waals surface area contributed by atoms with Crippen LogP contribution in [0.4, 0.5) is 0 Å². The topological polar surface area (TPSA) is 70.4 Å². The first kappa shape index (κ1) is 14.7. The summed E-state index contributed by atoms with van der Waals surface area (Å²) in [4.78, 5) is 11.3. The molecule has 0 unspecified atom stereocenters. The van der Waals surface area contributed by atoms with Crippen molar-refractivity contribution in [2.75, 3.05) is 7.11 Å². The number of hydrogen-bond donors (Lipinski definition) is 2. The van der Waals surface area contributed by atoms with Crippen LogP contribution in [-0.4, -0.2) is 23.9 Å². The molecule has 0 aliphatic rings. The maximum atomic E-state index is 11.3. The summed E-state index contributed by atoms with van der Waals surface area (Å²) in [5.41, 5.74) is 0.155. The highest BCUT2D eigenvalue weighted by Gasteiger charge is 2.18. The molecule has 0 bridgehead atoms. The van der Waals surface area contributed by atoms with Gasteiger partial charge in [0.15, 0.2) is 0 Å². The lowest BCUT2D eigenvalue weighted by Gasteiger charge is -2.08. The molecule has 0 heterocycles. The van der Waals surface area contributed by atoms with E-state index in [1.54, 1.807) is 0 Å². The van der Waals surface area contributed by atoms with Crippen molar-refractivity contribution in [1.29, 1.82) is 5.41 Å². The van der Waals surface area contributed by atoms with Crippen molar-refractivity contribution in [2.24, 2.45) is 0 Å². The van der Waals surface area contributed by atoms with Crippen LogP contribution >= 0.6 is 0 Å². The molecule has 4 nitrogen and oxygen atoms in total. The Labute approximate surface area is 96.8 Å². The molecule has 0 aromatic carbocycles. The molecule has 0 amide bonds. The third kappa shape index (κ3) is 4.96. The van der Waals surface area contributed by atoms with Gasteiger partial charge >= 0.3 is 5.97 Å². The molecule has 0 rings (SSSR count). The van der Waals surface area contributed by atoms with Crippen molar-refractivity contribution >= 4 is 11.7 Å². The second-order valence-electron chi connectivity index (χ2n) is 3.74. The Morgan fingerprint density at radius 1 is 1.31 bits per heavy atom. The van der Waals surface area contributed by atoms with Gasteiger partial charge in [0, 0.05) is 5.71 Å². The van der Waals surface area contributed by atoms with Crippen LogP contribution in [0.5, 0.6) is 0 Å². The van der Waals surface area contributed by atoms with Gasteiger partial charge < -0.3 is 15.3 Å². The number of hydrogen-bond acceptors (Lipinski definition) is 4. The minimum absolute atomic E-state index is 0.000927. The van der Waals surface area contributed by atoms with Gasteiger partial charge in [0.2, 0.25) is 0 Å². The maximum Gasteiger partial charge on any atom is 0.343 e. The predicted molar refractivity (Wildman–Crippen MR) is 63.8 cm³/mol. The number of ether oxygens (including phenoxy) is 1. The SMILES string of the molecule is CCCCCCC(=N)/C(C(=O)OC)=C(/C)O. The fourth-order valence-electron chi connectivity index (χ4n) is 1.44. The zero-order chi connectivity index (χ0) is 12.6. The molecule has 0 aromatic heterocycles. The number of nitrogens with one attached hydrogen (secondary N) is 1. The number of carbonyl (C=O) groups excluding carboxylic acids is 1. The molecule has 0 radical (unpaired) electrons. The number of allylic oxidation sites excluding steroid dienone is 1. The van der Waals surface area contributed by atoms with Crippen LogP contribution in [0.1, 0.15) is 46.0 Å². The molecule has 0 atom stereocenters. The average molecular weight is 227 g/mol. The summed E-state index contributed by atoms with van der Waals surface area (Å²) in [6, 6.07) is 0. The Bertz CT molecular complexity index is 278. The summed E-state index contributed by atoms with van der Waals surface area (Å²) < 4.78 is 4.52. The Morgan fingerprint density at radius 2 is 1.94 bits per heavy atom. The van der Waals surface area contributed by atoms with Crippen LogP contribution in [0.25, 0.3) is 0 Å². The molecule has 0 aliphatic carbocycles. The molecule has 0 spiro atoms. The predicted octanol–water partition coefficient (Wildman–Crippen LogP) is 2.98. The van der Waals surface area contributed by atoms with Crippen molar-refractivity contribution < 1.29 is 14.6 Å². The van der Waals surface area contributed by atoms with E-state index in [1.165, 1.54) is 14.0 Å². The van der Waals surface area contributed by atoms with Crippen molar-refractivity contribution in [3.63, 3.8) is 0 Å². The minimum atomic E-state index is -0.638. The highest BCUT2D eigenvalue weighted by molar-refractivity contribution is 6.18. The normalized spacial score (nSPS) is 11.9. The number of aliphatic hydroxyl groups excluding tert-OH is 1. The zero-order valence-electron chi connectivity index (χ0n) is 10.3. The number of esters is 1. The third-order valence-electron chi connectivity index (χ3n) is 2.33. The fraction of sp³-hybridized carbons (Fsp3) is 0.667. The largest absolute Gasteiger partial charge is 0.512 e. The number of carbonyl (C=O) groups is 1. The molecule has 0 saturated carbocycles. The summed E-state index contributed by atoms with van der Waals surface area (Å²) >= 11 is 0. The highest BCUT2D eigenvalue weighted by atomic mass is 16.5. The van der Waals surface area contributed by atoms with E-state index >= 15 is 0 Å². The van der Waals surface area contributed by atoms with Crippen LogP contribution in [0.3, 0.4) is 0 Å². The van der Waals surface area contributed by atoms with Gasteiger partial charge in [0.25, 0.3) is 0 Å². The number of methoxy groups -OCH3 is 1. The second-order valence-corrected chi connectivity index (χ2v) is 3.74. The Hall–Kier alpha value is -1.32. The van der Waals surface area contributed by atoms with E-state index in [1.807, 2.05) is 0 Å². The van der Waals surface area contributed by atoms with Gasteiger partial charge in [-0.1, -0.05) is 26.2 Å². The van der Waals surface area contributed by atoms with Crippen molar-refractivity contribution in [2.45, 2.75) is 46.0 Å². The lowest BCUT2D eigenvalue weighted by Crippen LogP contribution is -2.15. The Morgan fingerprint density at radius 3 is 2.38 bits per heavy atom. The first-order valence-electron chi connectivity index (χ1n) is 5.60. The van der Waals surface area contributed by atoms with E-state index in [0.717, 1.165) is 25.7 Å². The molecule has 0 aromatic rings. The Balaban J connectivity index is 4.32. The van der Waals surface area contributed by atoms with Crippen LogP contribution in [0.2, 0.25) is 0 Å². The van der Waals surface area contributed by atoms with Gasteiger partial charge in [-0.2, -0.15) is 0 Å². The molecule has 0 fully saturated rings. The van der Waals surface area contributed by atoms with Gasteiger partial charge in [0.05, 0.1) is 7.11 Å². The molecule has 0 saturated heterocycles. The lowest BCUT2D eigenvalue weighted by molar-refractivity contribution is -0.135. The first-order chi connectivity index (χ1) is 7.54. The van der Waals surface area contributed by atoms with Crippen LogP contribution < -0.4 is 0 Å². The number of aliphatic hydroxyl groups is 1. The molecule has 2 N–H and O–H groups in total. The lowest BCUT2D eigenvalue weighted by atomic mass is 10.0. The summed E-state index contributed by atoms with van der Waals surface area (Å²) in [5, 5.41) is 17.1. The van der Waals surface area contributed by atoms with Crippen molar-refractivity contribution in [3.8, 4) is 0 Å². The fourth-order valence-corrected chi connectivity index (χ4v) is 1.44. The highest BCUT2D eigenvalue weighted by Crippen LogP contribution is 2.12. The molecule has 16 heavy (non-hydrogen) atoms. The standard InChI is InChI=1S/C12H21NO3/c1-4-5-6-7-8-10(13)11(9(2)14)12(15)16-3/h13-14H,4-8H2,1-3H3/b11-9+,13-10?. The molecule has 92 valence electrons. The summed E-state index contributed by atoms with van der Waals surface area (Å²) in [6.45, 7) is 3.51. The van der Waals surface area contributed by atoms with Gasteiger partial charge in [-0.05, 0) is 19.8 Å². The van der Waals surface area contributed by atoms with E-state index in [4.69, 9.17) is 5.41 Å². The van der Waals surface area contributed by atoms with E-state index in [-0.39, 0.29) is 17.0 Å². The second kappa shape index (κ2) is 7.91. The van der Waals surface area contributed by atoms with Crippen LogP contribution in [0.15, 0.2) is 11.3 Å². The molecule has 0 aliphatic heterocycles. The maximum absolute atomic E-state index is 11.3. The van der Waals surface area contributed by atoms with E-state index in [9.17, 15) is 9.90 Å². The van der Waals surface area contributed by atoms with E-state index in [0.29, 0.717) is 6.42 Å². The number of unbranched alkanes of at least 4 members (excludes halogenated alkanes) is 3. The van der Waals surface area contributed by atoms with E-state index in [2.05, 4.69) is 11.7 Å². The van der Waals surface area contributed by atoms with Crippen molar-refractivity contribution in [1.82, 2.24) is 0 Å². The van der Waals surface area contributed by atoms with Gasteiger partial charge in [-0.15, -0.1) is 0 Å². The Kier molecular flexibility index (Phi) is 7.25. The van der Waals surface area contributed by atoms with Gasteiger partial charge in [-0.3, -0.25) is 0 Å². The molecular weight excluding hydrogens is 206 g/mol. The van der Waals surface area contributed by atoms with Crippen LogP contribution in [-0.2, 0) is 9.53 Å². The summed E-state index contributed by atoms with van der Waals surface area (Å²) in [5.74, 6) is -0.784. The summed E-state index contributed by atoms with van der Waals surface area (Å²) in [6.07, 6.45) is 4.66. The quantitative estimate of drug-likeness (QED) is 0.231.